The average molecular weight is 203 g/mol. The standard InChI is InChI=1S/C7H13N3O2S/c8-6(11)3-10-1-2-13-4-5(10)7(9)12/h5H,1-4H2,(H2,8,11)(H2,9,12). The van der Waals surface area contributed by atoms with Crippen molar-refractivity contribution >= 4 is 23.6 Å². The van der Waals surface area contributed by atoms with Crippen LogP contribution in [0.1, 0.15) is 0 Å². The van der Waals surface area contributed by atoms with E-state index in [1.165, 1.54) is 0 Å². The summed E-state index contributed by atoms with van der Waals surface area (Å²) in [7, 11) is 0. The minimum absolute atomic E-state index is 0.119. The van der Waals surface area contributed by atoms with Gasteiger partial charge in [-0.3, -0.25) is 14.5 Å². The fourth-order valence-electron chi connectivity index (χ4n) is 1.29. The molecular weight excluding hydrogens is 190 g/mol. The Hall–Kier alpha value is -0.750. The van der Waals surface area contributed by atoms with Crippen molar-refractivity contribution < 1.29 is 9.59 Å². The highest BCUT2D eigenvalue weighted by Crippen LogP contribution is 2.15. The van der Waals surface area contributed by atoms with Crippen LogP contribution >= 0.6 is 11.8 Å². The van der Waals surface area contributed by atoms with Crippen molar-refractivity contribution in [3.8, 4) is 0 Å². The second-order valence-corrected chi connectivity index (χ2v) is 4.08. The zero-order valence-electron chi connectivity index (χ0n) is 7.23. The summed E-state index contributed by atoms with van der Waals surface area (Å²) < 4.78 is 0. The van der Waals surface area contributed by atoms with Gasteiger partial charge in [0, 0.05) is 18.1 Å². The van der Waals surface area contributed by atoms with Crippen molar-refractivity contribution in [3.63, 3.8) is 0 Å². The number of nitrogens with two attached hydrogens (primary N) is 2. The molecule has 6 heteroatoms. The summed E-state index contributed by atoms with van der Waals surface area (Å²) in [5.41, 5.74) is 10.2. The Morgan fingerprint density at radius 3 is 2.69 bits per heavy atom. The summed E-state index contributed by atoms with van der Waals surface area (Å²) in [6.45, 7) is 0.815. The van der Waals surface area contributed by atoms with Crippen LogP contribution in [0.4, 0.5) is 0 Å². The van der Waals surface area contributed by atoms with Crippen LogP contribution in [-0.4, -0.2) is 47.4 Å². The number of primary amides is 2. The first-order valence-corrected chi connectivity index (χ1v) is 5.16. The van der Waals surface area contributed by atoms with E-state index in [1.807, 2.05) is 0 Å². The molecule has 1 aliphatic rings. The van der Waals surface area contributed by atoms with E-state index in [2.05, 4.69) is 0 Å². The van der Waals surface area contributed by atoms with Gasteiger partial charge in [0.2, 0.25) is 11.8 Å². The Labute approximate surface area is 80.8 Å². The summed E-state index contributed by atoms with van der Waals surface area (Å²) in [4.78, 5) is 23.4. The first-order valence-electron chi connectivity index (χ1n) is 4.00. The molecule has 0 saturated carbocycles. The minimum atomic E-state index is -0.418. The van der Waals surface area contributed by atoms with E-state index in [4.69, 9.17) is 11.5 Å². The van der Waals surface area contributed by atoms with Crippen LogP contribution in [0.2, 0.25) is 0 Å². The fraction of sp³-hybridized carbons (Fsp3) is 0.714. The van der Waals surface area contributed by atoms with Gasteiger partial charge in [-0.05, 0) is 0 Å². The second kappa shape index (κ2) is 4.48. The molecule has 1 rings (SSSR count). The third kappa shape index (κ3) is 2.89. The molecule has 0 bridgehead atoms. The molecule has 1 aliphatic heterocycles. The molecule has 13 heavy (non-hydrogen) atoms. The molecule has 4 N–H and O–H groups in total. The molecule has 0 radical (unpaired) electrons. The molecule has 2 amide bonds. The van der Waals surface area contributed by atoms with E-state index in [1.54, 1.807) is 16.7 Å². The van der Waals surface area contributed by atoms with E-state index >= 15 is 0 Å². The van der Waals surface area contributed by atoms with Crippen LogP contribution in [0.15, 0.2) is 0 Å². The maximum atomic E-state index is 11.0. The number of rotatable bonds is 3. The highest BCUT2D eigenvalue weighted by atomic mass is 32.2. The van der Waals surface area contributed by atoms with Gasteiger partial charge in [-0.15, -0.1) is 0 Å². The van der Waals surface area contributed by atoms with Gasteiger partial charge >= 0.3 is 0 Å². The first kappa shape index (κ1) is 10.3. The van der Waals surface area contributed by atoms with Gasteiger partial charge in [0.15, 0.2) is 0 Å². The number of hydrogen-bond donors (Lipinski definition) is 2. The fourth-order valence-corrected chi connectivity index (χ4v) is 2.42. The lowest BCUT2D eigenvalue weighted by atomic mass is 10.2. The molecule has 74 valence electrons. The molecule has 0 aromatic carbocycles. The van der Waals surface area contributed by atoms with Crippen LogP contribution in [-0.2, 0) is 9.59 Å². The Balaban J connectivity index is 2.56. The van der Waals surface area contributed by atoms with Crippen molar-refractivity contribution in [1.82, 2.24) is 4.90 Å². The van der Waals surface area contributed by atoms with Crippen LogP contribution in [0.5, 0.6) is 0 Å². The Morgan fingerprint density at radius 1 is 1.46 bits per heavy atom. The third-order valence-corrected chi connectivity index (χ3v) is 2.95. The van der Waals surface area contributed by atoms with Crippen LogP contribution in [0.25, 0.3) is 0 Å². The summed E-state index contributed by atoms with van der Waals surface area (Å²) in [5.74, 6) is 0.770. The molecular formula is C7H13N3O2S. The average Bonchev–Trinajstić information content (AvgIpc) is 2.03. The van der Waals surface area contributed by atoms with E-state index in [0.29, 0.717) is 12.3 Å². The number of thioether (sulfide) groups is 1. The number of carbonyl (C=O) groups excluding carboxylic acids is 2. The molecule has 0 aromatic heterocycles. The number of hydrogen-bond acceptors (Lipinski definition) is 4. The van der Waals surface area contributed by atoms with Crippen molar-refractivity contribution in [3.05, 3.63) is 0 Å². The Bertz CT molecular complexity index is 222. The third-order valence-electron chi connectivity index (χ3n) is 1.93. The van der Waals surface area contributed by atoms with Gasteiger partial charge in [0.05, 0.1) is 12.6 Å². The molecule has 0 aliphatic carbocycles. The molecule has 0 spiro atoms. The van der Waals surface area contributed by atoms with Crippen LogP contribution in [0.3, 0.4) is 0 Å². The van der Waals surface area contributed by atoms with Gasteiger partial charge in [-0.2, -0.15) is 11.8 Å². The van der Waals surface area contributed by atoms with Crippen molar-refractivity contribution in [2.75, 3.05) is 24.6 Å². The molecule has 1 atom stereocenters. The smallest absolute Gasteiger partial charge is 0.235 e. The topological polar surface area (TPSA) is 89.4 Å². The predicted molar refractivity (Wildman–Crippen MR) is 51.1 cm³/mol. The van der Waals surface area contributed by atoms with E-state index in [-0.39, 0.29) is 18.5 Å². The maximum absolute atomic E-state index is 11.0. The number of nitrogens with zero attached hydrogens (tertiary/aromatic N) is 1. The van der Waals surface area contributed by atoms with E-state index in [9.17, 15) is 9.59 Å². The molecule has 5 nitrogen and oxygen atoms in total. The monoisotopic (exact) mass is 203 g/mol. The van der Waals surface area contributed by atoms with E-state index in [0.717, 1.165) is 5.75 Å². The summed E-state index contributed by atoms with van der Waals surface area (Å²) >= 11 is 1.67. The number of carbonyl (C=O) groups is 2. The largest absolute Gasteiger partial charge is 0.369 e. The molecule has 1 unspecified atom stereocenters. The van der Waals surface area contributed by atoms with Gasteiger partial charge in [0.1, 0.15) is 0 Å². The lowest BCUT2D eigenvalue weighted by Crippen LogP contribution is -2.52. The summed E-state index contributed by atoms with van der Waals surface area (Å²) in [5, 5.41) is 0. The normalized spacial score (nSPS) is 24.2. The van der Waals surface area contributed by atoms with Crippen LogP contribution < -0.4 is 11.5 Å². The zero-order chi connectivity index (χ0) is 9.84. The molecule has 1 heterocycles. The Kier molecular flexibility index (Phi) is 3.56. The summed E-state index contributed by atoms with van der Waals surface area (Å²) in [6.07, 6.45) is 0. The van der Waals surface area contributed by atoms with Crippen LogP contribution in [0, 0.1) is 0 Å². The van der Waals surface area contributed by atoms with Crippen molar-refractivity contribution in [2.24, 2.45) is 11.5 Å². The van der Waals surface area contributed by atoms with Gasteiger partial charge in [-0.25, -0.2) is 0 Å². The van der Waals surface area contributed by atoms with Gasteiger partial charge in [-0.1, -0.05) is 0 Å². The maximum Gasteiger partial charge on any atom is 0.235 e. The Morgan fingerprint density at radius 2 is 2.15 bits per heavy atom. The zero-order valence-corrected chi connectivity index (χ0v) is 8.05. The quantitative estimate of drug-likeness (QED) is 0.576. The highest BCUT2D eigenvalue weighted by molar-refractivity contribution is 7.99. The lowest BCUT2D eigenvalue weighted by molar-refractivity contribution is -0.124. The van der Waals surface area contributed by atoms with Gasteiger partial charge < -0.3 is 11.5 Å². The van der Waals surface area contributed by atoms with Crippen molar-refractivity contribution in [1.29, 1.82) is 0 Å². The SMILES string of the molecule is NC(=O)CN1CCSCC1C(N)=O. The second-order valence-electron chi connectivity index (χ2n) is 2.93. The first-order chi connectivity index (χ1) is 6.11. The van der Waals surface area contributed by atoms with Crippen molar-refractivity contribution in [2.45, 2.75) is 6.04 Å². The van der Waals surface area contributed by atoms with E-state index < -0.39 is 5.91 Å². The lowest BCUT2D eigenvalue weighted by Gasteiger charge is -2.31. The molecule has 1 saturated heterocycles. The minimum Gasteiger partial charge on any atom is -0.369 e. The number of amides is 2. The predicted octanol–water partition coefficient (Wildman–Crippen LogP) is -1.63. The molecule has 1 fully saturated rings. The molecule has 0 aromatic rings. The van der Waals surface area contributed by atoms with Gasteiger partial charge in [0.25, 0.3) is 0 Å². The summed E-state index contributed by atoms with van der Waals surface area (Å²) in [6, 6.07) is -0.341. The highest BCUT2D eigenvalue weighted by Gasteiger charge is 2.27.